The smallest absolute Gasteiger partial charge is 0.409 e. The van der Waals surface area contributed by atoms with Gasteiger partial charge in [-0.25, -0.2) is 4.79 Å². The first kappa shape index (κ1) is 22.1. The number of nitrogens with zero attached hydrogens (tertiary/aromatic N) is 2. The van der Waals surface area contributed by atoms with E-state index in [2.05, 4.69) is 41.4 Å². The molecule has 6 heteroatoms. The standard InChI is InChI=1S/C25H37N3O3.H2/c1-4-31-23(30)28-15-9-24(3,10-16-28)18-27-13-11-25(12-14-27)17-22(26-19(2)29)20-7-5-6-8-21(20)25;/h5-8,22H,4,9-18H2,1-3H3,(H,26,29);1H/t22-;/m0./s1. The molecule has 4 rings (SSSR count). The minimum atomic E-state index is -0.168. The van der Waals surface area contributed by atoms with E-state index in [1.54, 1.807) is 6.92 Å². The Morgan fingerprint density at radius 1 is 1.13 bits per heavy atom. The van der Waals surface area contributed by atoms with Crippen molar-refractivity contribution in [1.82, 2.24) is 15.1 Å². The molecule has 2 aliphatic heterocycles. The number of benzene rings is 1. The molecular formula is C25H39N3O3. The summed E-state index contributed by atoms with van der Waals surface area (Å²) in [6, 6.07) is 8.84. The normalized spacial score (nSPS) is 24.6. The first-order chi connectivity index (χ1) is 14.8. The number of rotatable bonds is 4. The molecule has 0 radical (unpaired) electrons. The summed E-state index contributed by atoms with van der Waals surface area (Å²) in [5, 5.41) is 3.18. The molecule has 1 aromatic rings. The third-order valence-electron chi connectivity index (χ3n) is 7.79. The zero-order chi connectivity index (χ0) is 22.1. The maximum Gasteiger partial charge on any atom is 0.409 e. The maximum absolute atomic E-state index is 12.0. The summed E-state index contributed by atoms with van der Waals surface area (Å²) in [5.74, 6) is 0.0522. The number of carbonyl (C=O) groups excluding carboxylic acids is 2. The predicted octanol–water partition coefficient (Wildman–Crippen LogP) is 4.11. The molecule has 3 aliphatic rings. The quantitative estimate of drug-likeness (QED) is 0.783. The molecule has 31 heavy (non-hydrogen) atoms. The van der Waals surface area contributed by atoms with E-state index < -0.39 is 0 Å². The largest absolute Gasteiger partial charge is 0.450 e. The molecule has 2 heterocycles. The number of hydrogen-bond acceptors (Lipinski definition) is 4. The Morgan fingerprint density at radius 2 is 1.81 bits per heavy atom. The monoisotopic (exact) mass is 429 g/mol. The SMILES string of the molecule is CCOC(=O)N1CCC(C)(CN2CCC3(CC2)C[C@H](NC(C)=O)c2ccccc23)CC1.[HH]. The molecule has 1 aliphatic carbocycles. The van der Waals surface area contributed by atoms with Gasteiger partial charge in [0, 0.05) is 33.4 Å². The van der Waals surface area contributed by atoms with E-state index in [0.717, 1.165) is 64.8 Å². The minimum absolute atomic E-state index is 0. The van der Waals surface area contributed by atoms with Crippen LogP contribution >= 0.6 is 0 Å². The molecule has 1 spiro atoms. The fourth-order valence-corrected chi connectivity index (χ4v) is 6.02. The number of hydrogen-bond donors (Lipinski definition) is 1. The Hall–Kier alpha value is -2.08. The van der Waals surface area contributed by atoms with Crippen LogP contribution in [-0.4, -0.2) is 61.1 Å². The number of fused-ring (bicyclic) bond motifs is 2. The van der Waals surface area contributed by atoms with Crippen LogP contribution in [-0.2, 0) is 14.9 Å². The zero-order valence-electron chi connectivity index (χ0n) is 19.3. The fourth-order valence-electron chi connectivity index (χ4n) is 6.02. The lowest BCUT2D eigenvalue weighted by Gasteiger charge is -2.46. The highest BCUT2D eigenvalue weighted by Crippen LogP contribution is 2.51. The highest BCUT2D eigenvalue weighted by atomic mass is 16.6. The molecule has 1 N–H and O–H groups in total. The van der Waals surface area contributed by atoms with Crippen molar-refractivity contribution in [2.24, 2.45) is 5.41 Å². The molecule has 172 valence electrons. The van der Waals surface area contributed by atoms with Crippen LogP contribution in [0.25, 0.3) is 0 Å². The molecule has 6 nitrogen and oxygen atoms in total. The van der Waals surface area contributed by atoms with Gasteiger partial charge in [0.1, 0.15) is 0 Å². The van der Waals surface area contributed by atoms with Crippen molar-refractivity contribution in [3.8, 4) is 0 Å². The lowest BCUT2D eigenvalue weighted by molar-refractivity contribution is -0.119. The summed E-state index contributed by atoms with van der Waals surface area (Å²) in [6.45, 7) is 11.1. The summed E-state index contributed by atoms with van der Waals surface area (Å²) >= 11 is 0. The van der Waals surface area contributed by atoms with Crippen LogP contribution in [0.4, 0.5) is 4.79 Å². The molecule has 0 bridgehead atoms. The molecular weight excluding hydrogens is 390 g/mol. The van der Waals surface area contributed by atoms with Gasteiger partial charge in [0.15, 0.2) is 0 Å². The van der Waals surface area contributed by atoms with E-state index >= 15 is 0 Å². The second kappa shape index (κ2) is 8.81. The van der Waals surface area contributed by atoms with Crippen molar-refractivity contribution >= 4 is 12.0 Å². The zero-order valence-corrected chi connectivity index (χ0v) is 19.3. The van der Waals surface area contributed by atoms with E-state index in [1.807, 2.05) is 11.8 Å². The van der Waals surface area contributed by atoms with Crippen molar-refractivity contribution in [2.45, 2.75) is 64.3 Å². The van der Waals surface area contributed by atoms with Crippen LogP contribution in [0.15, 0.2) is 24.3 Å². The van der Waals surface area contributed by atoms with Crippen LogP contribution in [0.1, 0.15) is 71.5 Å². The molecule has 0 unspecified atom stereocenters. The minimum Gasteiger partial charge on any atom is -0.450 e. The molecule has 2 amide bonds. The van der Waals surface area contributed by atoms with Crippen LogP contribution in [0.5, 0.6) is 0 Å². The second-order valence-corrected chi connectivity index (χ2v) is 10.1. The van der Waals surface area contributed by atoms with Gasteiger partial charge in [0.2, 0.25) is 5.91 Å². The summed E-state index contributed by atoms with van der Waals surface area (Å²) in [6.07, 6.45) is 5.20. The van der Waals surface area contributed by atoms with Gasteiger partial charge in [0.25, 0.3) is 0 Å². The Morgan fingerprint density at radius 3 is 2.45 bits per heavy atom. The predicted molar refractivity (Wildman–Crippen MR) is 123 cm³/mol. The first-order valence-electron chi connectivity index (χ1n) is 11.8. The van der Waals surface area contributed by atoms with Gasteiger partial charge in [-0.3, -0.25) is 4.79 Å². The summed E-state index contributed by atoms with van der Waals surface area (Å²) < 4.78 is 5.16. The topological polar surface area (TPSA) is 61.9 Å². The van der Waals surface area contributed by atoms with Gasteiger partial charge in [-0.05, 0) is 68.7 Å². The van der Waals surface area contributed by atoms with Crippen LogP contribution in [0, 0.1) is 5.41 Å². The molecule has 2 fully saturated rings. The lowest BCUT2D eigenvalue weighted by atomic mass is 9.72. The van der Waals surface area contributed by atoms with Crippen LogP contribution in [0.3, 0.4) is 0 Å². The van der Waals surface area contributed by atoms with Gasteiger partial charge in [-0.1, -0.05) is 31.2 Å². The fraction of sp³-hybridized carbons (Fsp3) is 0.680. The Kier molecular flexibility index (Phi) is 6.29. The Bertz CT molecular complexity index is 814. The average Bonchev–Trinajstić information content (AvgIpc) is 3.03. The molecule has 2 saturated heterocycles. The van der Waals surface area contributed by atoms with E-state index in [9.17, 15) is 9.59 Å². The Labute approximate surface area is 187 Å². The number of ether oxygens (including phenoxy) is 1. The van der Waals surface area contributed by atoms with Crippen molar-refractivity contribution in [3.63, 3.8) is 0 Å². The third-order valence-corrected chi connectivity index (χ3v) is 7.79. The number of likely N-dealkylation sites (tertiary alicyclic amines) is 2. The molecule has 0 aromatic heterocycles. The number of nitrogens with one attached hydrogen (secondary N) is 1. The van der Waals surface area contributed by atoms with Gasteiger partial charge < -0.3 is 19.9 Å². The lowest BCUT2D eigenvalue weighted by Crippen LogP contribution is -2.49. The highest BCUT2D eigenvalue weighted by molar-refractivity contribution is 5.74. The van der Waals surface area contributed by atoms with E-state index in [0.29, 0.717) is 6.61 Å². The van der Waals surface area contributed by atoms with Crippen molar-refractivity contribution in [3.05, 3.63) is 35.4 Å². The van der Waals surface area contributed by atoms with E-state index in [-0.39, 0.29) is 30.3 Å². The van der Waals surface area contributed by atoms with Crippen molar-refractivity contribution < 1.29 is 15.8 Å². The van der Waals surface area contributed by atoms with Gasteiger partial charge in [0.05, 0.1) is 12.6 Å². The number of piperidine rings is 2. The second-order valence-electron chi connectivity index (χ2n) is 10.1. The van der Waals surface area contributed by atoms with E-state index in [4.69, 9.17) is 4.74 Å². The average molecular weight is 430 g/mol. The van der Waals surface area contributed by atoms with Crippen molar-refractivity contribution in [1.29, 1.82) is 0 Å². The van der Waals surface area contributed by atoms with Gasteiger partial charge in [-0.2, -0.15) is 0 Å². The van der Waals surface area contributed by atoms with E-state index in [1.165, 1.54) is 11.1 Å². The molecule has 1 atom stereocenters. The number of carbonyl (C=O) groups is 2. The molecule has 1 aromatic carbocycles. The van der Waals surface area contributed by atoms with Gasteiger partial charge >= 0.3 is 6.09 Å². The van der Waals surface area contributed by atoms with Crippen LogP contribution in [0.2, 0.25) is 0 Å². The first-order valence-corrected chi connectivity index (χ1v) is 11.8. The van der Waals surface area contributed by atoms with Crippen molar-refractivity contribution in [2.75, 3.05) is 39.3 Å². The molecule has 0 saturated carbocycles. The summed E-state index contributed by atoms with van der Waals surface area (Å²) in [4.78, 5) is 28.2. The third kappa shape index (κ3) is 4.59. The highest BCUT2D eigenvalue weighted by Gasteiger charge is 2.46. The Balaban J connectivity index is 0.00000289. The summed E-state index contributed by atoms with van der Waals surface area (Å²) in [5.41, 5.74) is 3.19. The van der Waals surface area contributed by atoms with Gasteiger partial charge in [-0.15, -0.1) is 0 Å². The maximum atomic E-state index is 12.0. The summed E-state index contributed by atoms with van der Waals surface area (Å²) in [7, 11) is 0. The number of amides is 2. The van der Waals surface area contributed by atoms with Crippen LogP contribution < -0.4 is 5.32 Å².